The summed E-state index contributed by atoms with van der Waals surface area (Å²) in [6.45, 7) is 1.15. The van der Waals surface area contributed by atoms with Gasteiger partial charge in [0, 0.05) is 12.3 Å². The maximum Gasteiger partial charge on any atom is 0.323 e. The number of pyridine rings is 1. The summed E-state index contributed by atoms with van der Waals surface area (Å²) in [4.78, 5) is 34.5. The number of carboxylic acid groups (broad SMARTS) is 1. The second-order valence-electron chi connectivity index (χ2n) is 4.03. The van der Waals surface area contributed by atoms with E-state index in [1.165, 1.54) is 24.4 Å². The van der Waals surface area contributed by atoms with Crippen molar-refractivity contribution < 1.29 is 19.2 Å². The molecule has 0 unspecified atom stereocenters. The molecule has 1 amide bonds. The minimum atomic E-state index is -1.17. The second-order valence-corrected chi connectivity index (χ2v) is 4.03. The van der Waals surface area contributed by atoms with Crippen molar-refractivity contribution in [1.82, 2.24) is 9.72 Å². The van der Waals surface area contributed by atoms with Gasteiger partial charge in [0.15, 0.2) is 5.82 Å². The summed E-state index contributed by atoms with van der Waals surface area (Å²) < 4.78 is 5.72. The number of carbonyl (C=O) groups excluding carboxylic acids is 1. The van der Waals surface area contributed by atoms with Gasteiger partial charge in [-0.3, -0.25) is 14.4 Å². The molecule has 0 saturated heterocycles. The van der Waals surface area contributed by atoms with Crippen LogP contribution in [0.4, 0.5) is 5.82 Å². The zero-order valence-electron chi connectivity index (χ0n) is 10.5. The van der Waals surface area contributed by atoms with E-state index < -0.39 is 24.0 Å². The van der Waals surface area contributed by atoms with Gasteiger partial charge in [0.05, 0.1) is 0 Å². The molecule has 2 rings (SSSR count). The molecule has 2 aromatic rings. The van der Waals surface area contributed by atoms with Gasteiger partial charge >= 0.3 is 5.97 Å². The van der Waals surface area contributed by atoms with Crippen LogP contribution in [0, 0.1) is 6.92 Å². The molecule has 0 fully saturated rings. The van der Waals surface area contributed by atoms with E-state index in [1.807, 2.05) is 0 Å². The molecular weight excluding hydrogens is 266 g/mol. The van der Waals surface area contributed by atoms with Crippen LogP contribution in [0.15, 0.2) is 33.7 Å². The number of aryl methyl sites for hydroxylation is 1. The van der Waals surface area contributed by atoms with Gasteiger partial charge < -0.3 is 19.5 Å². The number of nitrogens with one attached hydrogen (secondary N) is 1. The summed E-state index contributed by atoms with van der Waals surface area (Å²) in [5.74, 6) is -1.16. The van der Waals surface area contributed by atoms with Gasteiger partial charge in [-0.15, -0.1) is 0 Å². The molecule has 0 bridgehead atoms. The van der Waals surface area contributed by atoms with Crippen LogP contribution in [0.1, 0.15) is 16.1 Å². The smallest absolute Gasteiger partial charge is 0.323 e. The van der Waals surface area contributed by atoms with E-state index in [9.17, 15) is 14.4 Å². The predicted octanol–water partition coefficient (Wildman–Crippen LogP) is 0.482. The van der Waals surface area contributed by atoms with Crippen molar-refractivity contribution in [1.29, 1.82) is 0 Å². The van der Waals surface area contributed by atoms with Gasteiger partial charge in [0.2, 0.25) is 0 Å². The van der Waals surface area contributed by atoms with Crippen LogP contribution in [0.3, 0.4) is 0 Å². The Bertz CT molecular complexity index is 716. The van der Waals surface area contributed by atoms with Crippen molar-refractivity contribution in [3.05, 3.63) is 46.1 Å². The standard InChI is InChI=1S/C12H11N3O5/c1-7-5-9(14-20-7)13-11(18)8-3-2-4-15(12(8)19)6-10(16)17/h2-5H,6H2,1H3,(H,16,17)(H,13,14,18). The van der Waals surface area contributed by atoms with E-state index >= 15 is 0 Å². The molecule has 20 heavy (non-hydrogen) atoms. The largest absolute Gasteiger partial charge is 0.480 e. The maximum atomic E-state index is 11.9. The molecule has 0 atom stereocenters. The number of hydrogen-bond donors (Lipinski definition) is 2. The Balaban J connectivity index is 2.26. The normalized spacial score (nSPS) is 10.2. The lowest BCUT2D eigenvalue weighted by atomic mass is 10.2. The number of carboxylic acids is 1. The van der Waals surface area contributed by atoms with Crippen LogP contribution in [0.5, 0.6) is 0 Å². The number of carbonyl (C=O) groups is 2. The van der Waals surface area contributed by atoms with Gasteiger partial charge in [-0.2, -0.15) is 0 Å². The first-order chi connectivity index (χ1) is 9.47. The average Bonchev–Trinajstić information content (AvgIpc) is 2.76. The Morgan fingerprint density at radius 1 is 1.50 bits per heavy atom. The van der Waals surface area contributed by atoms with Gasteiger partial charge in [0.1, 0.15) is 17.9 Å². The minimum Gasteiger partial charge on any atom is -0.480 e. The quantitative estimate of drug-likeness (QED) is 0.840. The topological polar surface area (TPSA) is 114 Å². The fourth-order valence-electron chi connectivity index (χ4n) is 1.59. The van der Waals surface area contributed by atoms with Crippen LogP contribution in [-0.2, 0) is 11.3 Å². The summed E-state index contributed by atoms with van der Waals surface area (Å²) >= 11 is 0. The highest BCUT2D eigenvalue weighted by molar-refractivity contribution is 6.03. The highest BCUT2D eigenvalue weighted by Gasteiger charge is 2.14. The van der Waals surface area contributed by atoms with Crippen LogP contribution in [0.2, 0.25) is 0 Å². The van der Waals surface area contributed by atoms with Gasteiger partial charge in [-0.1, -0.05) is 5.16 Å². The molecule has 0 aliphatic carbocycles. The molecule has 2 heterocycles. The van der Waals surface area contributed by atoms with E-state index in [1.54, 1.807) is 6.92 Å². The molecule has 0 saturated carbocycles. The fourth-order valence-corrected chi connectivity index (χ4v) is 1.59. The number of aliphatic carboxylic acids is 1. The number of nitrogens with zero attached hydrogens (tertiary/aromatic N) is 2. The van der Waals surface area contributed by atoms with Gasteiger partial charge in [0.25, 0.3) is 11.5 Å². The molecular formula is C12H11N3O5. The summed E-state index contributed by atoms with van der Waals surface area (Å²) in [6, 6.07) is 4.23. The van der Waals surface area contributed by atoms with Crippen LogP contribution in [-0.4, -0.2) is 26.7 Å². The first-order valence-corrected chi connectivity index (χ1v) is 5.63. The van der Waals surface area contributed by atoms with Gasteiger partial charge in [-0.25, -0.2) is 0 Å². The summed E-state index contributed by atoms with van der Waals surface area (Å²) in [6.07, 6.45) is 1.30. The average molecular weight is 277 g/mol. The van der Waals surface area contributed by atoms with E-state index in [2.05, 4.69) is 10.5 Å². The van der Waals surface area contributed by atoms with Gasteiger partial charge in [-0.05, 0) is 19.1 Å². The lowest BCUT2D eigenvalue weighted by Gasteiger charge is -2.05. The Labute approximate surface area is 112 Å². The number of aromatic nitrogens is 2. The molecule has 8 heteroatoms. The van der Waals surface area contributed by atoms with E-state index in [4.69, 9.17) is 9.63 Å². The number of anilines is 1. The first-order valence-electron chi connectivity index (χ1n) is 5.63. The zero-order valence-corrected chi connectivity index (χ0v) is 10.5. The maximum absolute atomic E-state index is 11.9. The first kappa shape index (κ1) is 13.5. The minimum absolute atomic E-state index is 0.172. The molecule has 8 nitrogen and oxygen atoms in total. The highest BCUT2D eigenvalue weighted by atomic mass is 16.5. The van der Waals surface area contributed by atoms with Crippen LogP contribution >= 0.6 is 0 Å². The lowest BCUT2D eigenvalue weighted by Crippen LogP contribution is -2.30. The monoisotopic (exact) mass is 277 g/mol. The third kappa shape index (κ3) is 2.91. The lowest BCUT2D eigenvalue weighted by molar-refractivity contribution is -0.137. The summed E-state index contributed by atoms with van der Waals surface area (Å²) in [5, 5.41) is 14.6. The van der Waals surface area contributed by atoms with E-state index in [-0.39, 0.29) is 11.4 Å². The third-order valence-corrected chi connectivity index (χ3v) is 2.44. The Hall–Kier alpha value is -2.90. The Morgan fingerprint density at radius 2 is 2.25 bits per heavy atom. The fraction of sp³-hybridized carbons (Fsp3) is 0.167. The van der Waals surface area contributed by atoms with Crippen molar-refractivity contribution in [2.24, 2.45) is 0 Å². The molecule has 0 aliphatic rings. The number of rotatable bonds is 4. The predicted molar refractivity (Wildman–Crippen MR) is 67.5 cm³/mol. The van der Waals surface area contributed by atoms with E-state index in [0.29, 0.717) is 5.76 Å². The van der Waals surface area contributed by atoms with Crippen molar-refractivity contribution in [2.75, 3.05) is 5.32 Å². The highest BCUT2D eigenvalue weighted by Crippen LogP contribution is 2.08. The Morgan fingerprint density at radius 3 is 2.85 bits per heavy atom. The molecule has 2 aromatic heterocycles. The molecule has 0 aliphatic heterocycles. The van der Waals surface area contributed by atoms with Crippen molar-refractivity contribution in [3.63, 3.8) is 0 Å². The molecule has 0 spiro atoms. The SMILES string of the molecule is Cc1cc(NC(=O)c2cccn(CC(=O)O)c2=O)no1. The second kappa shape index (κ2) is 5.39. The summed E-state index contributed by atoms with van der Waals surface area (Å²) in [7, 11) is 0. The number of amides is 1. The van der Waals surface area contributed by atoms with Crippen molar-refractivity contribution in [2.45, 2.75) is 13.5 Å². The molecule has 2 N–H and O–H groups in total. The molecule has 0 radical (unpaired) electrons. The van der Waals surface area contributed by atoms with Crippen molar-refractivity contribution in [3.8, 4) is 0 Å². The zero-order chi connectivity index (χ0) is 14.7. The van der Waals surface area contributed by atoms with Crippen LogP contribution in [0.25, 0.3) is 0 Å². The molecule has 0 aromatic carbocycles. The number of hydrogen-bond acceptors (Lipinski definition) is 5. The summed E-state index contributed by atoms with van der Waals surface area (Å²) in [5.41, 5.74) is -0.859. The van der Waals surface area contributed by atoms with Crippen molar-refractivity contribution >= 4 is 17.7 Å². The molecule has 104 valence electrons. The van der Waals surface area contributed by atoms with Crippen LogP contribution < -0.4 is 10.9 Å². The van der Waals surface area contributed by atoms with E-state index in [0.717, 1.165) is 4.57 Å². The Kier molecular flexibility index (Phi) is 3.65. The third-order valence-electron chi connectivity index (χ3n) is 2.44.